The van der Waals surface area contributed by atoms with Crippen LogP contribution in [0, 0.1) is 5.92 Å². The fourth-order valence-electron chi connectivity index (χ4n) is 4.21. The molecule has 27 heavy (non-hydrogen) atoms. The molecule has 142 valence electrons. The van der Waals surface area contributed by atoms with Crippen LogP contribution < -0.4 is 4.90 Å². The first kappa shape index (κ1) is 18.1. The Morgan fingerprint density at radius 2 is 1.70 bits per heavy atom. The van der Waals surface area contributed by atoms with E-state index in [9.17, 15) is 4.79 Å². The van der Waals surface area contributed by atoms with E-state index < -0.39 is 0 Å². The molecule has 3 heterocycles. The maximum atomic E-state index is 12.4. The lowest BCUT2D eigenvalue weighted by atomic mass is 10.1. The molecular weight excluding hydrogens is 336 g/mol. The number of hydrogen-bond donors (Lipinski definition) is 0. The summed E-state index contributed by atoms with van der Waals surface area (Å²) in [4.78, 5) is 23.9. The van der Waals surface area contributed by atoms with Gasteiger partial charge in [0.15, 0.2) is 0 Å². The van der Waals surface area contributed by atoms with Crippen molar-refractivity contribution in [2.24, 2.45) is 5.92 Å². The van der Waals surface area contributed by atoms with E-state index in [0.717, 1.165) is 57.2 Å². The molecule has 5 heteroatoms. The van der Waals surface area contributed by atoms with Gasteiger partial charge in [-0.1, -0.05) is 24.3 Å². The van der Waals surface area contributed by atoms with Gasteiger partial charge in [-0.15, -0.1) is 0 Å². The minimum atomic E-state index is 0.262. The molecule has 1 unspecified atom stereocenters. The monoisotopic (exact) mass is 364 g/mol. The third-order valence-corrected chi connectivity index (χ3v) is 5.58. The summed E-state index contributed by atoms with van der Waals surface area (Å²) in [6, 6.07) is 16.2. The van der Waals surface area contributed by atoms with Crippen LogP contribution in [0.2, 0.25) is 0 Å². The number of hydrogen-bond acceptors (Lipinski definition) is 4. The van der Waals surface area contributed by atoms with Crippen LogP contribution in [0.3, 0.4) is 0 Å². The van der Waals surface area contributed by atoms with Crippen LogP contribution >= 0.6 is 0 Å². The molecule has 0 radical (unpaired) electrons. The van der Waals surface area contributed by atoms with Gasteiger partial charge in [-0.2, -0.15) is 0 Å². The summed E-state index contributed by atoms with van der Waals surface area (Å²) in [5.74, 6) is 0.692. The Hall–Kier alpha value is -2.24. The van der Waals surface area contributed by atoms with E-state index in [-0.39, 0.29) is 5.91 Å². The standard InChI is InChI=1S/C22H28N4O/c27-22-15-19(17-26(22)21-8-2-1-3-9-21)16-24-11-6-12-25(14-13-24)18-20-7-4-5-10-23-20/h1-5,7-10,19H,6,11-18H2. The molecule has 2 saturated heterocycles. The van der Waals surface area contributed by atoms with E-state index in [0.29, 0.717) is 12.3 Å². The highest BCUT2D eigenvalue weighted by Gasteiger charge is 2.32. The number of nitrogens with zero attached hydrogens (tertiary/aromatic N) is 4. The quantitative estimate of drug-likeness (QED) is 0.818. The van der Waals surface area contributed by atoms with Crippen molar-refractivity contribution < 1.29 is 4.79 Å². The topological polar surface area (TPSA) is 39.7 Å². The summed E-state index contributed by atoms with van der Waals surface area (Å²) >= 11 is 0. The second-order valence-corrected chi connectivity index (χ2v) is 7.66. The van der Waals surface area contributed by atoms with Gasteiger partial charge in [-0.25, -0.2) is 0 Å². The molecule has 2 fully saturated rings. The Bertz CT molecular complexity index is 736. The molecule has 1 amide bonds. The zero-order valence-corrected chi connectivity index (χ0v) is 15.8. The largest absolute Gasteiger partial charge is 0.312 e. The van der Waals surface area contributed by atoms with Crippen molar-refractivity contribution in [3.63, 3.8) is 0 Å². The minimum absolute atomic E-state index is 0.262. The van der Waals surface area contributed by atoms with Gasteiger partial charge in [-0.05, 0) is 49.7 Å². The van der Waals surface area contributed by atoms with Crippen molar-refractivity contribution in [3.8, 4) is 0 Å². The number of aromatic nitrogens is 1. The van der Waals surface area contributed by atoms with Crippen LogP contribution in [0.5, 0.6) is 0 Å². The molecule has 1 atom stereocenters. The molecule has 0 saturated carbocycles. The molecule has 2 aliphatic heterocycles. The first-order valence-corrected chi connectivity index (χ1v) is 9.98. The molecule has 0 bridgehead atoms. The average Bonchev–Trinajstić information content (AvgIpc) is 2.92. The van der Waals surface area contributed by atoms with E-state index in [2.05, 4.69) is 26.9 Å². The second-order valence-electron chi connectivity index (χ2n) is 7.66. The number of para-hydroxylation sites is 1. The molecule has 0 N–H and O–H groups in total. The van der Waals surface area contributed by atoms with Crippen molar-refractivity contribution in [2.45, 2.75) is 19.4 Å². The highest BCUT2D eigenvalue weighted by atomic mass is 16.2. The predicted octanol–water partition coefficient (Wildman–Crippen LogP) is 2.64. The summed E-state index contributed by atoms with van der Waals surface area (Å²) < 4.78 is 0. The van der Waals surface area contributed by atoms with Gasteiger partial charge in [0.05, 0.1) is 5.69 Å². The van der Waals surface area contributed by atoms with Gasteiger partial charge in [0.25, 0.3) is 0 Å². The average molecular weight is 364 g/mol. The molecule has 0 spiro atoms. The van der Waals surface area contributed by atoms with Crippen LogP contribution in [0.4, 0.5) is 5.69 Å². The van der Waals surface area contributed by atoms with Crippen molar-refractivity contribution in [3.05, 3.63) is 60.4 Å². The lowest BCUT2D eigenvalue weighted by molar-refractivity contribution is -0.117. The van der Waals surface area contributed by atoms with Crippen LogP contribution in [0.25, 0.3) is 0 Å². The van der Waals surface area contributed by atoms with Gasteiger partial charge in [0.2, 0.25) is 5.91 Å². The predicted molar refractivity (Wildman–Crippen MR) is 107 cm³/mol. The smallest absolute Gasteiger partial charge is 0.227 e. The summed E-state index contributed by atoms with van der Waals surface area (Å²) in [6.45, 7) is 7.17. The molecule has 2 aliphatic rings. The Morgan fingerprint density at radius 1 is 0.926 bits per heavy atom. The Morgan fingerprint density at radius 3 is 2.52 bits per heavy atom. The van der Waals surface area contributed by atoms with Crippen LogP contribution in [-0.4, -0.2) is 60.0 Å². The van der Waals surface area contributed by atoms with Crippen molar-refractivity contribution in [1.82, 2.24) is 14.8 Å². The van der Waals surface area contributed by atoms with E-state index >= 15 is 0 Å². The molecule has 5 nitrogen and oxygen atoms in total. The van der Waals surface area contributed by atoms with Gasteiger partial charge in [0.1, 0.15) is 0 Å². The van der Waals surface area contributed by atoms with Gasteiger partial charge in [-0.3, -0.25) is 14.7 Å². The number of pyridine rings is 1. The molecule has 1 aromatic heterocycles. The van der Waals surface area contributed by atoms with E-state index in [1.165, 1.54) is 6.42 Å². The number of anilines is 1. The normalized spacial score (nSPS) is 22.1. The molecule has 0 aliphatic carbocycles. The van der Waals surface area contributed by atoms with Crippen LogP contribution in [-0.2, 0) is 11.3 Å². The van der Waals surface area contributed by atoms with Gasteiger partial charge < -0.3 is 9.80 Å². The van der Waals surface area contributed by atoms with Gasteiger partial charge in [0, 0.05) is 51.0 Å². The third kappa shape index (κ3) is 4.73. The minimum Gasteiger partial charge on any atom is -0.312 e. The van der Waals surface area contributed by atoms with Crippen molar-refractivity contribution in [1.29, 1.82) is 0 Å². The third-order valence-electron chi connectivity index (χ3n) is 5.58. The maximum absolute atomic E-state index is 12.4. The number of carbonyl (C=O) groups excluding carboxylic acids is 1. The van der Waals surface area contributed by atoms with Crippen molar-refractivity contribution >= 4 is 11.6 Å². The highest BCUT2D eigenvalue weighted by Crippen LogP contribution is 2.25. The molecule has 1 aromatic carbocycles. The van der Waals surface area contributed by atoms with Crippen LogP contribution in [0.1, 0.15) is 18.5 Å². The summed E-state index contributed by atoms with van der Waals surface area (Å²) in [5, 5.41) is 0. The Balaban J connectivity index is 1.28. The fourth-order valence-corrected chi connectivity index (χ4v) is 4.21. The SMILES string of the molecule is O=C1CC(CN2CCCN(Cc3ccccn3)CC2)CN1c1ccccc1. The lowest BCUT2D eigenvalue weighted by Crippen LogP contribution is -2.35. The first-order chi connectivity index (χ1) is 13.3. The number of rotatable bonds is 5. The Kier molecular flexibility index (Phi) is 5.80. The van der Waals surface area contributed by atoms with E-state index in [4.69, 9.17) is 0 Å². The number of amides is 1. The second kappa shape index (κ2) is 8.63. The summed E-state index contributed by atoms with van der Waals surface area (Å²) in [7, 11) is 0. The molecule has 2 aromatic rings. The fraction of sp³-hybridized carbons (Fsp3) is 0.455. The van der Waals surface area contributed by atoms with Gasteiger partial charge >= 0.3 is 0 Å². The highest BCUT2D eigenvalue weighted by molar-refractivity contribution is 5.95. The zero-order valence-electron chi connectivity index (χ0n) is 15.8. The van der Waals surface area contributed by atoms with Crippen LogP contribution in [0.15, 0.2) is 54.7 Å². The molecule has 4 rings (SSSR count). The lowest BCUT2D eigenvalue weighted by Gasteiger charge is -2.24. The summed E-state index contributed by atoms with van der Waals surface area (Å²) in [5.41, 5.74) is 2.17. The number of carbonyl (C=O) groups is 1. The van der Waals surface area contributed by atoms with E-state index in [1.807, 2.05) is 47.5 Å². The molecular formula is C22H28N4O. The number of benzene rings is 1. The Labute approximate surface area is 161 Å². The first-order valence-electron chi connectivity index (χ1n) is 9.98. The summed E-state index contributed by atoms with van der Waals surface area (Å²) in [6.07, 6.45) is 3.72. The van der Waals surface area contributed by atoms with E-state index in [1.54, 1.807) is 0 Å². The zero-order chi connectivity index (χ0) is 18.5. The maximum Gasteiger partial charge on any atom is 0.227 e. The van der Waals surface area contributed by atoms with Crippen molar-refractivity contribution in [2.75, 3.05) is 44.2 Å².